The van der Waals surface area contributed by atoms with Gasteiger partial charge in [-0.05, 0) is 72.9 Å². The Morgan fingerprint density at radius 3 is 2.77 bits per heavy atom. The number of amides is 1. The van der Waals surface area contributed by atoms with E-state index in [0.29, 0.717) is 49.3 Å². The number of morpholine rings is 1. The second-order valence-electron chi connectivity index (χ2n) is 12.3. The number of benzene rings is 2. The fourth-order valence-electron chi connectivity index (χ4n) is 6.68. The lowest BCUT2D eigenvalue weighted by Gasteiger charge is -2.47. The molecule has 3 aliphatic heterocycles. The van der Waals surface area contributed by atoms with Crippen LogP contribution in [0.5, 0.6) is 5.75 Å². The number of phenols is 1. The number of hydrogen-bond donors (Lipinski definition) is 4. The number of ether oxygens (including phenoxy) is 1. The van der Waals surface area contributed by atoms with E-state index >= 15 is 0 Å². The molecule has 3 aliphatic rings. The zero-order valence-electron chi connectivity index (χ0n) is 25.3. The number of aliphatic hydroxyl groups excluding tert-OH is 1. The van der Waals surface area contributed by atoms with Crippen molar-refractivity contribution in [2.24, 2.45) is 0 Å². The van der Waals surface area contributed by atoms with Gasteiger partial charge in [-0.25, -0.2) is 0 Å². The first kappa shape index (κ1) is 30.9. The van der Waals surface area contributed by atoms with Crippen molar-refractivity contribution >= 4 is 28.6 Å². The van der Waals surface area contributed by atoms with E-state index in [2.05, 4.69) is 57.4 Å². The van der Waals surface area contributed by atoms with Gasteiger partial charge < -0.3 is 30.2 Å². The van der Waals surface area contributed by atoms with Crippen LogP contribution in [0.3, 0.4) is 0 Å². The van der Waals surface area contributed by atoms with Crippen molar-refractivity contribution in [3.05, 3.63) is 86.6 Å². The SMILES string of the molecule is CC1=CCC(C(=O)N2CCOC3(CCN(Cc4cccc(CCNC[C@H](O)c5ccc(O)c6[nH]c(=O)ccc56)c4)CC3)C2)S1. The van der Waals surface area contributed by atoms with Gasteiger partial charge in [0.15, 0.2) is 0 Å². The molecular weight excluding hydrogens is 576 g/mol. The number of aromatic nitrogens is 1. The van der Waals surface area contributed by atoms with Crippen molar-refractivity contribution in [2.75, 3.05) is 45.9 Å². The normalized spacial score (nSPS) is 21.1. The summed E-state index contributed by atoms with van der Waals surface area (Å²) in [7, 11) is 0. The van der Waals surface area contributed by atoms with Crippen LogP contribution in [0.1, 0.15) is 49.0 Å². The van der Waals surface area contributed by atoms with Gasteiger partial charge in [-0.15, -0.1) is 11.8 Å². The van der Waals surface area contributed by atoms with Crippen LogP contribution in [0.4, 0.5) is 0 Å². The smallest absolute Gasteiger partial charge is 0.248 e. The molecule has 0 radical (unpaired) electrons. The van der Waals surface area contributed by atoms with Gasteiger partial charge in [0.25, 0.3) is 0 Å². The highest BCUT2D eigenvalue weighted by Crippen LogP contribution is 2.36. The number of aliphatic hydroxyl groups is 1. The molecule has 234 valence electrons. The summed E-state index contributed by atoms with van der Waals surface area (Å²) in [6, 6.07) is 14.9. The highest BCUT2D eigenvalue weighted by molar-refractivity contribution is 8.04. The van der Waals surface area contributed by atoms with Crippen LogP contribution in [-0.4, -0.2) is 87.6 Å². The van der Waals surface area contributed by atoms with E-state index in [1.807, 2.05) is 0 Å². The zero-order valence-corrected chi connectivity index (χ0v) is 26.1. The molecule has 4 N–H and O–H groups in total. The van der Waals surface area contributed by atoms with E-state index in [4.69, 9.17) is 4.74 Å². The number of phenolic OH excluding ortho intramolecular Hbond substituents is 1. The Morgan fingerprint density at radius 2 is 1.98 bits per heavy atom. The largest absolute Gasteiger partial charge is 0.506 e. The summed E-state index contributed by atoms with van der Waals surface area (Å²) >= 11 is 1.70. The van der Waals surface area contributed by atoms with Gasteiger partial charge in [0.2, 0.25) is 11.5 Å². The molecule has 0 aliphatic carbocycles. The van der Waals surface area contributed by atoms with Crippen molar-refractivity contribution in [2.45, 2.75) is 56.1 Å². The lowest BCUT2D eigenvalue weighted by atomic mass is 9.89. The first-order valence-electron chi connectivity index (χ1n) is 15.6. The summed E-state index contributed by atoms with van der Waals surface area (Å²) in [6.45, 7) is 7.95. The van der Waals surface area contributed by atoms with E-state index in [-0.39, 0.29) is 28.1 Å². The van der Waals surface area contributed by atoms with Gasteiger partial charge in [-0.3, -0.25) is 14.5 Å². The standard InChI is InChI=1S/C34H42N4O5S/c1-23-5-9-30(44-23)33(42)38-17-18-43-34(22-38)12-15-37(16-13-34)21-25-4-2-3-24(19-25)11-14-35-20-29(40)26-6-8-28(39)32-27(26)7-10-31(41)36-32/h2-8,10,19,29-30,35,39-40H,9,11-18,20-22H2,1H3,(H,36,41)/t29-,30?/m0/s1. The Bertz CT molecular complexity index is 1580. The number of rotatable bonds is 9. The zero-order chi connectivity index (χ0) is 30.7. The molecule has 1 spiro atoms. The predicted molar refractivity (Wildman–Crippen MR) is 174 cm³/mol. The van der Waals surface area contributed by atoms with Crippen LogP contribution in [0.15, 0.2) is 64.3 Å². The van der Waals surface area contributed by atoms with Crippen molar-refractivity contribution < 1.29 is 19.7 Å². The second-order valence-corrected chi connectivity index (χ2v) is 13.7. The van der Waals surface area contributed by atoms with Crippen molar-refractivity contribution in [3.8, 4) is 5.75 Å². The molecule has 0 bridgehead atoms. The van der Waals surface area contributed by atoms with Gasteiger partial charge >= 0.3 is 0 Å². The number of likely N-dealkylation sites (tertiary alicyclic amines) is 1. The third-order valence-corrected chi connectivity index (χ3v) is 10.4. The first-order valence-corrected chi connectivity index (χ1v) is 16.5. The molecule has 0 saturated carbocycles. The van der Waals surface area contributed by atoms with Crippen molar-refractivity contribution in [3.63, 3.8) is 0 Å². The number of nitrogens with zero attached hydrogens (tertiary/aromatic N) is 2. The molecule has 3 aromatic rings. The van der Waals surface area contributed by atoms with Crippen LogP contribution in [0.25, 0.3) is 10.9 Å². The fourth-order valence-corrected chi connectivity index (χ4v) is 7.76. The van der Waals surface area contributed by atoms with Crippen LogP contribution < -0.4 is 10.9 Å². The van der Waals surface area contributed by atoms with Crippen molar-refractivity contribution in [1.82, 2.24) is 20.1 Å². The highest BCUT2D eigenvalue weighted by atomic mass is 32.2. The number of carbonyl (C=O) groups excluding carboxylic acids is 1. The molecular formula is C34H42N4O5S. The Labute approximate surface area is 262 Å². The van der Waals surface area contributed by atoms with E-state index < -0.39 is 6.10 Å². The molecule has 2 atom stereocenters. The maximum Gasteiger partial charge on any atom is 0.248 e. The fraction of sp³-hybridized carbons (Fsp3) is 0.471. The van der Waals surface area contributed by atoms with Crippen LogP contribution >= 0.6 is 11.8 Å². The number of fused-ring (bicyclic) bond motifs is 1. The quantitative estimate of drug-likeness (QED) is 0.268. The van der Waals surface area contributed by atoms with Gasteiger partial charge in [0.05, 0.1) is 29.1 Å². The molecule has 4 heterocycles. The molecule has 2 fully saturated rings. The monoisotopic (exact) mass is 618 g/mol. The lowest BCUT2D eigenvalue weighted by molar-refractivity contribution is -0.159. The minimum absolute atomic E-state index is 0.0159. The predicted octanol–water partition coefficient (Wildman–Crippen LogP) is 3.70. The number of aromatic amines is 1. The average Bonchev–Trinajstić information content (AvgIpc) is 3.47. The Hall–Kier alpha value is -3.15. The summed E-state index contributed by atoms with van der Waals surface area (Å²) in [5, 5.41) is 24.9. The second kappa shape index (κ2) is 13.5. The molecule has 9 nitrogen and oxygen atoms in total. The number of aromatic hydroxyl groups is 1. The van der Waals surface area contributed by atoms with Crippen molar-refractivity contribution in [1.29, 1.82) is 0 Å². The van der Waals surface area contributed by atoms with Gasteiger partial charge in [-0.1, -0.05) is 36.4 Å². The number of nitrogens with one attached hydrogen (secondary N) is 2. The van der Waals surface area contributed by atoms with E-state index in [0.717, 1.165) is 45.3 Å². The maximum absolute atomic E-state index is 13.1. The first-order chi connectivity index (χ1) is 21.3. The van der Waals surface area contributed by atoms with Gasteiger partial charge in [0, 0.05) is 50.7 Å². The van der Waals surface area contributed by atoms with E-state index in [9.17, 15) is 19.8 Å². The minimum Gasteiger partial charge on any atom is -0.506 e. The Balaban J connectivity index is 0.962. The lowest BCUT2D eigenvalue weighted by Crippen LogP contribution is -2.58. The number of allylic oxidation sites excluding steroid dienone is 2. The maximum atomic E-state index is 13.1. The molecule has 1 aromatic heterocycles. The number of piperidine rings is 1. The van der Waals surface area contributed by atoms with Gasteiger partial charge in [-0.2, -0.15) is 0 Å². The number of pyridine rings is 1. The van der Waals surface area contributed by atoms with E-state index in [1.54, 1.807) is 23.9 Å². The number of H-pyrrole nitrogens is 1. The number of hydrogen-bond acceptors (Lipinski definition) is 8. The highest BCUT2D eigenvalue weighted by Gasteiger charge is 2.42. The molecule has 1 amide bonds. The summed E-state index contributed by atoms with van der Waals surface area (Å²) in [6.07, 6.45) is 4.93. The molecule has 2 aromatic carbocycles. The third kappa shape index (κ3) is 7.05. The Kier molecular flexibility index (Phi) is 9.44. The molecule has 2 saturated heterocycles. The summed E-state index contributed by atoms with van der Waals surface area (Å²) in [4.78, 5) is 33.2. The topological polar surface area (TPSA) is 118 Å². The molecule has 6 rings (SSSR count). The van der Waals surface area contributed by atoms with Crippen LogP contribution in [0, 0.1) is 0 Å². The number of carbonyl (C=O) groups is 1. The molecule has 10 heteroatoms. The minimum atomic E-state index is -0.779. The van der Waals surface area contributed by atoms with E-state index in [1.165, 1.54) is 28.2 Å². The van der Waals surface area contributed by atoms with Crippen LogP contribution in [-0.2, 0) is 22.5 Å². The summed E-state index contributed by atoms with van der Waals surface area (Å²) in [5.41, 5.74) is 3.00. The van der Waals surface area contributed by atoms with Gasteiger partial charge in [0.1, 0.15) is 5.75 Å². The molecule has 44 heavy (non-hydrogen) atoms. The average molecular weight is 619 g/mol. The Morgan fingerprint density at radius 1 is 1.16 bits per heavy atom. The summed E-state index contributed by atoms with van der Waals surface area (Å²) < 4.78 is 6.33. The van der Waals surface area contributed by atoms with Crippen LogP contribution in [0.2, 0.25) is 0 Å². The summed E-state index contributed by atoms with van der Waals surface area (Å²) in [5.74, 6) is 0.248. The number of thioether (sulfide) groups is 1. The third-order valence-electron chi connectivity index (χ3n) is 9.14. The molecule has 1 unspecified atom stereocenters.